The van der Waals surface area contributed by atoms with Crippen LogP contribution in [0.5, 0.6) is 5.75 Å². The fourth-order valence-corrected chi connectivity index (χ4v) is 3.43. The van der Waals surface area contributed by atoms with E-state index in [4.69, 9.17) is 4.74 Å². The highest BCUT2D eigenvalue weighted by atomic mass is 16.5. The van der Waals surface area contributed by atoms with Crippen molar-refractivity contribution >= 4 is 5.91 Å². The zero-order valence-corrected chi connectivity index (χ0v) is 16.0. The minimum absolute atomic E-state index is 0.152. The van der Waals surface area contributed by atoms with E-state index in [0.29, 0.717) is 12.3 Å². The second kappa shape index (κ2) is 8.84. The van der Waals surface area contributed by atoms with Gasteiger partial charge in [0.15, 0.2) is 0 Å². The molecule has 27 heavy (non-hydrogen) atoms. The number of nitrogens with zero attached hydrogens (tertiary/aromatic N) is 2. The third-order valence-electron chi connectivity index (χ3n) is 4.98. The largest absolute Gasteiger partial charge is 0.494 e. The summed E-state index contributed by atoms with van der Waals surface area (Å²) in [4.78, 5) is 24.9. The number of hydrogen-bond acceptors (Lipinski definition) is 4. The Morgan fingerprint density at radius 1 is 1.19 bits per heavy atom. The first-order valence-corrected chi connectivity index (χ1v) is 9.72. The van der Waals surface area contributed by atoms with E-state index >= 15 is 0 Å². The van der Waals surface area contributed by atoms with Crippen LogP contribution in [-0.4, -0.2) is 28.3 Å². The second-order valence-electron chi connectivity index (χ2n) is 6.98. The molecule has 1 fully saturated rings. The molecule has 1 aromatic carbocycles. The van der Waals surface area contributed by atoms with Crippen LogP contribution in [0.1, 0.15) is 52.0 Å². The maximum Gasteiger partial charge on any atom is 0.267 e. The number of ether oxygens (including phenoxy) is 1. The van der Waals surface area contributed by atoms with Gasteiger partial charge in [-0.3, -0.25) is 9.59 Å². The first-order valence-electron chi connectivity index (χ1n) is 9.72. The highest BCUT2D eigenvalue weighted by Gasteiger charge is 2.22. The summed E-state index contributed by atoms with van der Waals surface area (Å²) in [5.41, 5.74) is 1.23. The number of rotatable bonds is 6. The zero-order valence-electron chi connectivity index (χ0n) is 16.0. The molecule has 0 aliphatic heterocycles. The molecule has 0 saturated heterocycles. The average Bonchev–Trinajstić information content (AvgIpc) is 2.69. The first-order chi connectivity index (χ1) is 13.1. The monoisotopic (exact) mass is 369 g/mol. The minimum Gasteiger partial charge on any atom is -0.494 e. The van der Waals surface area contributed by atoms with Crippen LogP contribution in [0.3, 0.4) is 0 Å². The van der Waals surface area contributed by atoms with Gasteiger partial charge < -0.3 is 10.1 Å². The van der Waals surface area contributed by atoms with Crippen molar-refractivity contribution in [1.29, 1.82) is 0 Å². The predicted molar refractivity (Wildman–Crippen MR) is 105 cm³/mol. The standard InChI is InChI=1S/C21H27N3O3/c1-3-27-18-11-9-16(10-12-18)19-13-14-20(25)24(23-19)15(2)21(26)22-17-7-5-4-6-8-17/h9-15,17H,3-8H2,1-2H3,(H,22,26). The molecular formula is C21H27N3O3. The van der Waals surface area contributed by atoms with Gasteiger partial charge in [-0.15, -0.1) is 0 Å². The molecule has 1 amide bonds. The lowest BCUT2D eigenvalue weighted by molar-refractivity contribution is -0.125. The Morgan fingerprint density at radius 2 is 1.89 bits per heavy atom. The van der Waals surface area contributed by atoms with Crippen LogP contribution in [-0.2, 0) is 4.79 Å². The molecule has 144 valence electrons. The van der Waals surface area contributed by atoms with Crippen molar-refractivity contribution in [2.75, 3.05) is 6.61 Å². The van der Waals surface area contributed by atoms with Crippen LogP contribution in [0.4, 0.5) is 0 Å². The van der Waals surface area contributed by atoms with E-state index in [9.17, 15) is 9.59 Å². The molecule has 1 aliphatic rings. The molecule has 1 unspecified atom stereocenters. The van der Waals surface area contributed by atoms with Crippen molar-refractivity contribution in [1.82, 2.24) is 15.1 Å². The van der Waals surface area contributed by atoms with Gasteiger partial charge in [0.2, 0.25) is 5.91 Å². The molecule has 1 N–H and O–H groups in total. The van der Waals surface area contributed by atoms with Gasteiger partial charge in [-0.1, -0.05) is 19.3 Å². The Labute approximate surface area is 159 Å². The number of carbonyl (C=O) groups is 1. The van der Waals surface area contributed by atoms with Crippen LogP contribution in [0, 0.1) is 0 Å². The summed E-state index contributed by atoms with van der Waals surface area (Å²) in [6.45, 7) is 4.26. The number of aromatic nitrogens is 2. The van der Waals surface area contributed by atoms with E-state index in [1.807, 2.05) is 31.2 Å². The van der Waals surface area contributed by atoms with Gasteiger partial charge in [0.05, 0.1) is 12.3 Å². The van der Waals surface area contributed by atoms with Crippen LogP contribution in [0.15, 0.2) is 41.2 Å². The molecule has 1 heterocycles. The van der Waals surface area contributed by atoms with Gasteiger partial charge in [0.25, 0.3) is 5.56 Å². The summed E-state index contributed by atoms with van der Waals surface area (Å²) in [7, 11) is 0. The lowest BCUT2D eigenvalue weighted by Gasteiger charge is -2.24. The SMILES string of the molecule is CCOc1ccc(-c2ccc(=O)n(C(C)C(=O)NC3CCCCC3)n2)cc1. The summed E-state index contributed by atoms with van der Waals surface area (Å²) in [6, 6.07) is 10.2. The number of benzene rings is 1. The zero-order chi connectivity index (χ0) is 19.2. The van der Waals surface area contributed by atoms with Crippen molar-refractivity contribution < 1.29 is 9.53 Å². The summed E-state index contributed by atoms with van der Waals surface area (Å²) >= 11 is 0. The molecule has 2 aromatic rings. The molecule has 1 aromatic heterocycles. The van der Waals surface area contributed by atoms with Crippen LogP contribution in [0.25, 0.3) is 11.3 Å². The highest BCUT2D eigenvalue weighted by Crippen LogP contribution is 2.21. The van der Waals surface area contributed by atoms with E-state index in [-0.39, 0.29) is 17.5 Å². The Morgan fingerprint density at radius 3 is 2.56 bits per heavy atom. The topological polar surface area (TPSA) is 73.2 Å². The molecule has 1 saturated carbocycles. The van der Waals surface area contributed by atoms with Gasteiger partial charge in [-0.2, -0.15) is 5.10 Å². The molecule has 0 spiro atoms. The van der Waals surface area contributed by atoms with Gasteiger partial charge in [-0.05, 0) is 57.0 Å². The van der Waals surface area contributed by atoms with E-state index in [2.05, 4.69) is 10.4 Å². The van der Waals surface area contributed by atoms with Crippen molar-refractivity contribution in [3.05, 3.63) is 46.8 Å². The maximum absolute atomic E-state index is 12.6. The average molecular weight is 369 g/mol. The van der Waals surface area contributed by atoms with Crippen LogP contribution in [0.2, 0.25) is 0 Å². The van der Waals surface area contributed by atoms with Crippen molar-refractivity contribution in [3.8, 4) is 17.0 Å². The Kier molecular flexibility index (Phi) is 6.27. The molecule has 1 aliphatic carbocycles. The molecule has 1 atom stereocenters. The molecule has 3 rings (SSSR count). The van der Waals surface area contributed by atoms with Gasteiger partial charge in [0, 0.05) is 17.7 Å². The van der Waals surface area contributed by atoms with Gasteiger partial charge in [0.1, 0.15) is 11.8 Å². The normalized spacial score (nSPS) is 15.9. The summed E-state index contributed by atoms with van der Waals surface area (Å²) < 4.78 is 6.72. The third kappa shape index (κ3) is 4.76. The fourth-order valence-electron chi connectivity index (χ4n) is 3.43. The van der Waals surface area contributed by atoms with E-state index in [1.54, 1.807) is 13.0 Å². The molecule has 0 bridgehead atoms. The minimum atomic E-state index is -0.651. The lowest BCUT2D eigenvalue weighted by Crippen LogP contribution is -2.42. The fraction of sp³-hybridized carbons (Fsp3) is 0.476. The van der Waals surface area contributed by atoms with Gasteiger partial charge in [-0.25, -0.2) is 4.68 Å². The van der Waals surface area contributed by atoms with Gasteiger partial charge >= 0.3 is 0 Å². The summed E-state index contributed by atoms with van der Waals surface area (Å²) in [5, 5.41) is 7.50. The molecule has 6 nitrogen and oxygen atoms in total. The lowest BCUT2D eigenvalue weighted by atomic mass is 9.95. The molecule has 0 radical (unpaired) electrons. The van der Waals surface area contributed by atoms with E-state index in [0.717, 1.165) is 37.0 Å². The van der Waals surface area contributed by atoms with Crippen molar-refractivity contribution in [2.45, 2.75) is 58.0 Å². The highest BCUT2D eigenvalue weighted by molar-refractivity contribution is 5.80. The Hall–Kier alpha value is -2.63. The number of amides is 1. The van der Waals surface area contributed by atoms with E-state index in [1.165, 1.54) is 17.2 Å². The Bertz CT molecular complexity index is 823. The quantitative estimate of drug-likeness (QED) is 0.848. The maximum atomic E-state index is 12.6. The second-order valence-corrected chi connectivity index (χ2v) is 6.98. The first kappa shape index (κ1) is 19.1. The molecule has 6 heteroatoms. The number of carbonyl (C=O) groups excluding carboxylic acids is 1. The number of hydrogen-bond donors (Lipinski definition) is 1. The molecular weight excluding hydrogens is 342 g/mol. The van der Waals surface area contributed by atoms with E-state index < -0.39 is 6.04 Å². The van der Waals surface area contributed by atoms with Crippen molar-refractivity contribution in [2.24, 2.45) is 0 Å². The van der Waals surface area contributed by atoms with Crippen LogP contribution >= 0.6 is 0 Å². The summed E-state index contributed by atoms with van der Waals surface area (Å²) in [5.74, 6) is 0.634. The smallest absolute Gasteiger partial charge is 0.267 e. The predicted octanol–water partition coefficient (Wildman–Crippen LogP) is 3.32. The number of nitrogens with one attached hydrogen (secondary N) is 1. The van der Waals surface area contributed by atoms with Crippen LogP contribution < -0.4 is 15.6 Å². The third-order valence-corrected chi connectivity index (χ3v) is 4.98. The Balaban J connectivity index is 1.77. The summed E-state index contributed by atoms with van der Waals surface area (Å²) in [6.07, 6.45) is 5.53. The van der Waals surface area contributed by atoms with Crippen molar-refractivity contribution in [3.63, 3.8) is 0 Å².